The lowest BCUT2D eigenvalue weighted by atomic mass is 10.1. The van der Waals surface area contributed by atoms with Gasteiger partial charge in [-0.05, 0) is 36.8 Å². The van der Waals surface area contributed by atoms with E-state index in [0.717, 1.165) is 12.1 Å². The smallest absolute Gasteiger partial charge is 0.238 e. The van der Waals surface area contributed by atoms with Crippen LogP contribution in [0, 0.1) is 11.6 Å². The number of rotatable bonds is 4. The van der Waals surface area contributed by atoms with Gasteiger partial charge in [-0.2, -0.15) is 0 Å². The Kier molecular flexibility index (Phi) is 4.24. The summed E-state index contributed by atoms with van der Waals surface area (Å²) >= 11 is 0. The molecule has 0 amide bonds. The first-order chi connectivity index (χ1) is 9.79. The highest BCUT2D eigenvalue weighted by atomic mass is 32.2. The molecule has 4 nitrogen and oxygen atoms in total. The molecule has 0 heterocycles. The van der Waals surface area contributed by atoms with Crippen molar-refractivity contribution < 1.29 is 17.2 Å². The Morgan fingerprint density at radius 3 is 2.05 bits per heavy atom. The molecule has 0 aliphatic carbocycles. The zero-order chi connectivity index (χ0) is 15.6. The van der Waals surface area contributed by atoms with Gasteiger partial charge in [0.25, 0.3) is 0 Å². The minimum atomic E-state index is -3.76. The van der Waals surface area contributed by atoms with Gasteiger partial charge in [-0.1, -0.05) is 18.2 Å². The summed E-state index contributed by atoms with van der Waals surface area (Å²) in [5, 5.41) is 7.73. The number of halogens is 2. The summed E-state index contributed by atoms with van der Waals surface area (Å²) in [6.45, 7) is 1.71. The van der Waals surface area contributed by atoms with E-state index in [0.29, 0.717) is 5.56 Å². The monoisotopic (exact) mass is 312 g/mol. The van der Waals surface area contributed by atoms with E-state index >= 15 is 0 Å². The second-order valence-corrected chi connectivity index (χ2v) is 6.14. The maximum absolute atomic E-state index is 13.5. The molecule has 0 fully saturated rings. The molecule has 0 saturated heterocycles. The van der Waals surface area contributed by atoms with Crippen LogP contribution in [0.15, 0.2) is 47.4 Å². The second-order valence-electron chi connectivity index (χ2n) is 4.58. The summed E-state index contributed by atoms with van der Waals surface area (Å²) < 4.78 is 49.4. The first-order valence-electron chi connectivity index (χ1n) is 6.12. The molecule has 0 aromatic heterocycles. The number of para-hydroxylation sites is 1. The van der Waals surface area contributed by atoms with E-state index in [1.54, 1.807) is 6.92 Å². The molecule has 112 valence electrons. The third kappa shape index (κ3) is 3.56. The zero-order valence-corrected chi connectivity index (χ0v) is 12.0. The molecular weight excluding hydrogens is 298 g/mol. The van der Waals surface area contributed by atoms with Crippen molar-refractivity contribution in [3.63, 3.8) is 0 Å². The average molecular weight is 312 g/mol. The lowest BCUT2D eigenvalue weighted by Gasteiger charge is -2.17. The summed E-state index contributed by atoms with van der Waals surface area (Å²) in [4.78, 5) is -0.0180. The fourth-order valence-electron chi connectivity index (χ4n) is 1.88. The molecule has 7 heteroatoms. The van der Waals surface area contributed by atoms with Crippen molar-refractivity contribution in [3.8, 4) is 0 Å². The number of anilines is 1. The van der Waals surface area contributed by atoms with Crippen molar-refractivity contribution in [2.45, 2.75) is 17.9 Å². The van der Waals surface area contributed by atoms with Gasteiger partial charge in [0.1, 0.15) is 17.3 Å². The Hall–Kier alpha value is -1.99. The molecule has 2 aromatic rings. The molecule has 21 heavy (non-hydrogen) atoms. The van der Waals surface area contributed by atoms with Crippen molar-refractivity contribution in [3.05, 3.63) is 59.7 Å². The number of hydrogen-bond acceptors (Lipinski definition) is 3. The number of hydrogen-bond donors (Lipinski definition) is 2. The van der Waals surface area contributed by atoms with Gasteiger partial charge in [0, 0.05) is 6.04 Å². The average Bonchev–Trinajstić information content (AvgIpc) is 2.42. The maximum Gasteiger partial charge on any atom is 0.238 e. The van der Waals surface area contributed by atoms with Gasteiger partial charge in [0.05, 0.1) is 4.90 Å². The van der Waals surface area contributed by atoms with Gasteiger partial charge in [-0.25, -0.2) is 22.3 Å². The Morgan fingerprint density at radius 1 is 1.05 bits per heavy atom. The Labute approximate surface area is 121 Å². The quantitative estimate of drug-likeness (QED) is 0.912. The van der Waals surface area contributed by atoms with Crippen LogP contribution < -0.4 is 10.5 Å². The summed E-state index contributed by atoms with van der Waals surface area (Å²) in [5.74, 6) is -1.38. The van der Waals surface area contributed by atoms with Crippen molar-refractivity contribution in [1.29, 1.82) is 0 Å². The highest BCUT2D eigenvalue weighted by Gasteiger charge is 2.14. The summed E-state index contributed by atoms with van der Waals surface area (Å²) in [6, 6.07) is 8.95. The van der Waals surface area contributed by atoms with Crippen LogP contribution in [-0.4, -0.2) is 8.42 Å². The normalized spacial score (nSPS) is 13.0. The molecule has 0 spiro atoms. The number of nitrogens with one attached hydrogen (secondary N) is 1. The molecule has 1 unspecified atom stereocenters. The van der Waals surface area contributed by atoms with Crippen molar-refractivity contribution in [1.82, 2.24) is 0 Å². The summed E-state index contributed by atoms with van der Waals surface area (Å²) in [7, 11) is -3.76. The van der Waals surface area contributed by atoms with Gasteiger partial charge < -0.3 is 5.32 Å². The summed E-state index contributed by atoms with van der Waals surface area (Å²) in [6.07, 6.45) is 0. The van der Waals surface area contributed by atoms with Crippen LogP contribution in [0.5, 0.6) is 0 Å². The Balaban J connectivity index is 2.23. The van der Waals surface area contributed by atoms with E-state index in [1.807, 2.05) is 0 Å². The SMILES string of the molecule is CC(Nc1c(F)cccc1F)c1ccc(S(N)(=O)=O)cc1. The van der Waals surface area contributed by atoms with Gasteiger partial charge in [0.2, 0.25) is 10.0 Å². The highest BCUT2D eigenvalue weighted by molar-refractivity contribution is 7.89. The van der Waals surface area contributed by atoms with Crippen LogP contribution in [-0.2, 0) is 10.0 Å². The van der Waals surface area contributed by atoms with Gasteiger partial charge in [-0.15, -0.1) is 0 Å². The Morgan fingerprint density at radius 2 is 1.57 bits per heavy atom. The first kappa shape index (κ1) is 15.4. The lowest BCUT2D eigenvalue weighted by molar-refractivity contribution is 0.584. The maximum atomic E-state index is 13.5. The van der Waals surface area contributed by atoms with E-state index in [9.17, 15) is 17.2 Å². The van der Waals surface area contributed by atoms with Crippen LogP contribution >= 0.6 is 0 Å². The van der Waals surface area contributed by atoms with Gasteiger partial charge in [0.15, 0.2) is 0 Å². The summed E-state index contributed by atoms with van der Waals surface area (Å²) in [5.41, 5.74) is 0.450. The van der Waals surface area contributed by atoms with E-state index in [-0.39, 0.29) is 10.6 Å². The topological polar surface area (TPSA) is 72.2 Å². The predicted octanol–water partition coefficient (Wildman–Crippen LogP) is 2.79. The molecule has 0 aliphatic heterocycles. The van der Waals surface area contributed by atoms with Crippen LogP contribution in [0.25, 0.3) is 0 Å². The van der Waals surface area contributed by atoms with Crippen molar-refractivity contribution in [2.75, 3.05) is 5.32 Å². The third-order valence-electron chi connectivity index (χ3n) is 3.03. The molecule has 2 rings (SSSR count). The van der Waals surface area contributed by atoms with Crippen LogP contribution in [0.4, 0.5) is 14.5 Å². The Bertz CT molecular complexity index is 726. The molecule has 0 bridgehead atoms. The number of primary sulfonamides is 1. The van der Waals surface area contributed by atoms with E-state index in [2.05, 4.69) is 5.32 Å². The second kappa shape index (κ2) is 5.79. The van der Waals surface area contributed by atoms with Crippen LogP contribution in [0.2, 0.25) is 0 Å². The third-order valence-corrected chi connectivity index (χ3v) is 3.96. The fourth-order valence-corrected chi connectivity index (χ4v) is 2.40. The zero-order valence-electron chi connectivity index (χ0n) is 11.2. The van der Waals surface area contributed by atoms with E-state index in [4.69, 9.17) is 5.14 Å². The molecule has 3 N–H and O–H groups in total. The van der Waals surface area contributed by atoms with E-state index in [1.165, 1.54) is 30.3 Å². The number of sulfonamides is 1. The van der Waals surface area contributed by atoms with E-state index < -0.39 is 27.7 Å². The molecule has 0 radical (unpaired) electrons. The minimum absolute atomic E-state index is 0.0180. The largest absolute Gasteiger partial charge is 0.374 e. The standard InChI is InChI=1S/C14H14F2N2O2S/c1-9(18-14-12(15)3-2-4-13(14)16)10-5-7-11(8-6-10)21(17,19)20/h2-9,18H,1H3,(H2,17,19,20). The van der Waals surface area contributed by atoms with Crippen LogP contribution in [0.3, 0.4) is 0 Å². The fraction of sp³-hybridized carbons (Fsp3) is 0.143. The molecular formula is C14H14F2N2O2S. The molecule has 0 aliphatic rings. The molecule has 0 saturated carbocycles. The number of nitrogens with two attached hydrogens (primary N) is 1. The number of benzene rings is 2. The molecule has 2 aromatic carbocycles. The van der Waals surface area contributed by atoms with Crippen molar-refractivity contribution in [2.24, 2.45) is 5.14 Å². The first-order valence-corrected chi connectivity index (χ1v) is 7.67. The van der Waals surface area contributed by atoms with Crippen LogP contribution in [0.1, 0.15) is 18.5 Å². The molecule has 1 atom stereocenters. The highest BCUT2D eigenvalue weighted by Crippen LogP contribution is 2.24. The van der Waals surface area contributed by atoms with Gasteiger partial charge in [-0.3, -0.25) is 0 Å². The minimum Gasteiger partial charge on any atom is -0.374 e. The van der Waals surface area contributed by atoms with Crippen molar-refractivity contribution >= 4 is 15.7 Å². The predicted molar refractivity (Wildman–Crippen MR) is 76.2 cm³/mol. The lowest BCUT2D eigenvalue weighted by Crippen LogP contribution is -2.13. The van der Waals surface area contributed by atoms with Gasteiger partial charge >= 0.3 is 0 Å².